The molecule has 1 N–H and O–H groups in total. The van der Waals surface area contributed by atoms with Gasteiger partial charge in [-0.2, -0.15) is 0 Å². The van der Waals surface area contributed by atoms with Crippen molar-refractivity contribution in [3.05, 3.63) is 54.7 Å². The summed E-state index contributed by atoms with van der Waals surface area (Å²) in [5.41, 5.74) is 1.53. The molecule has 0 spiro atoms. The van der Waals surface area contributed by atoms with Crippen molar-refractivity contribution in [1.29, 1.82) is 0 Å². The number of aliphatic hydroxyl groups is 1. The quantitative estimate of drug-likeness (QED) is 0.729. The fourth-order valence-corrected chi connectivity index (χ4v) is 1.37. The standard InChI is InChI=1S/C12H11NO/c1-2-12(14)11-8-7-9-5-3-4-6-10(9)13-11/h2-8,12,14H,1H2. The van der Waals surface area contributed by atoms with Gasteiger partial charge in [-0.3, -0.25) is 0 Å². The molecule has 1 unspecified atom stereocenters. The Morgan fingerprint density at radius 3 is 2.79 bits per heavy atom. The number of aromatic nitrogens is 1. The Labute approximate surface area is 82.5 Å². The van der Waals surface area contributed by atoms with Gasteiger partial charge in [-0.15, -0.1) is 6.58 Å². The smallest absolute Gasteiger partial charge is 0.114 e. The van der Waals surface area contributed by atoms with Crippen LogP contribution in [0.2, 0.25) is 0 Å². The number of benzene rings is 1. The van der Waals surface area contributed by atoms with E-state index in [1.807, 2.05) is 36.4 Å². The first-order valence-electron chi connectivity index (χ1n) is 4.47. The Balaban J connectivity index is 2.56. The molecule has 0 saturated carbocycles. The molecule has 0 aliphatic rings. The van der Waals surface area contributed by atoms with E-state index >= 15 is 0 Å². The van der Waals surface area contributed by atoms with E-state index in [9.17, 15) is 5.11 Å². The molecule has 1 heterocycles. The van der Waals surface area contributed by atoms with Gasteiger partial charge in [0, 0.05) is 5.39 Å². The number of rotatable bonds is 2. The maximum atomic E-state index is 9.51. The van der Waals surface area contributed by atoms with Crippen LogP contribution in [0.3, 0.4) is 0 Å². The van der Waals surface area contributed by atoms with Crippen molar-refractivity contribution < 1.29 is 5.11 Å². The Bertz CT molecular complexity index is 465. The second-order valence-corrected chi connectivity index (χ2v) is 3.11. The highest BCUT2D eigenvalue weighted by atomic mass is 16.3. The molecule has 1 aromatic carbocycles. The number of pyridine rings is 1. The van der Waals surface area contributed by atoms with E-state index in [1.165, 1.54) is 6.08 Å². The number of aliphatic hydroxyl groups excluding tert-OH is 1. The van der Waals surface area contributed by atoms with Gasteiger partial charge >= 0.3 is 0 Å². The molecular formula is C12H11NO. The molecule has 0 amide bonds. The van der Waals surface area contributed by atoms with Crippen LogP contribution in [0.15, 0.2) is 49.1 Å². The third-order valence-corrected chi connectivity index (χ3v) is 2.15. The second kappa shape index (κ2) is 3.60. The van der Waals surface area contributed by atoms with E-state index in [2.05, 4.69) is 11.6 Å². The average Bonchev–Trinajstić information content (AvgIpc) is 2.27. The fourth-order valence-electron chi connectivity index (χ4n) is 1.37. The molecule has 1 aromatic heterocycles. The summed E-state index contributed by atoms with van der Waals surface area (Å²) in [5.74, 6) is 0. The highest BCUT2D eigenvalue weighted by Crippen LogP contribution is 2.16. The molecule has 0 saturated heterocycles. The lowest BCUT2D eigenvalue weighted by Gasteiger charge is -2.05. The monoisotopic (exact) mass is 185 g/mol. The first kappa shape index (κ1) is 8.91. The minimum Gasteiger partial charge on any atom is -0.383 e. The Kier molecular flexibility index (Phi) is 2.29. The van der Waals surface area contributed by atoms with Crippen molar-refractivity contribution >= 4 is 10.9 Å². The maximum absolute atomic E-state index is 9.51. The van der Waals surface area contributed by atoms with Gasteiger partial charge in [0.2, 0.25) is 0 Å². The SMILES string of the molecule is C=CC(O)c1ccc2ccccc2n1. The summed E-state index contributed by atoms with van der Waals surface area (Å²) in [5, 5.41) is 10.6. The number of nitrogens with zero attached hydrogens (tertiary/aromatic N) is 1. The van der Waals surface area contributed by atoms with E-state index in [-0.39, 0.29) is 0 Å². The first-order valence-corrected chi connectivity index (χ1v) is 4.47. The molecular weight excluding hydrogens is 174 g/mol. The van der Waals surface area contributed by atoms with Gasteiger partial charge in [-0.05, 0) is 12.1 Å². The van der Waals surface area contributed by atoms with Crippen molar-refractivity contribution in [3.63, 3.8) is 0 Å². The van der Waals surface area contributed by atoms with Crippen molar-refractivity contribution in [1.82, 2.24) is 4.98 Å². The van der Waals surface area contributed by atoms with E-state index in [0.29, 0.717) is 5.69 Å². The van der Waals surface area contributed by atoms with E-state index in [1.54, 1.807) is 0 Å². The predicted octanol–water partition coefficient (Wildman–Crippen LogP) is 2.45. The maximum Gasteiger partial charge on any atom is 0.114 e. The molecule has 2 aromatic rings. The minimum atomic E-state index is -0.681. The summed E-state index contributed by atoms with van der Waals surface area (Å²) < 4.78 is 0. The molecule has 2 heteroatoms. The van der Waals surface area contributed by atoms with Gasteiger partial charge in [-0.1, -0.05) is 30.3 Å². The van der Waals surface area contributed by atoms with E-state index in [4.69, 9.17) is 0 Å². The summed E-state index contributed by atoms with van der Waals surface area (Å²) in [4.78, 5) is 4.32. The van der Waals surface area contributed by atoms with Crippen LogP contribution >= 0.6 is 0 Å². The van der Waals surface area contributed by atoms with Gasteiger partial charge in [0.25, 0.3) is 0 Å². The van der Waals surface area contributed by atoms with Gasteiger partial charge < -0.3 is 5.11 Å². The summed E-state index contributed by atoms with van der Waals surface area (Å²) in [6.45, 7) is 3.53. The predicted molar refractivity (Wildman–Crippen MR) is 56.9 cm³/mol. The van der Waals surface area contributed by atoms with Crippen LogP contribution in [0.5, 0.6) is 0 Å². The van der Waals surface area contributed by atoms with Crippen LogP contribution in [-0.2, 0) is 0 Å². The normalized spacial score (nSPS) is 12.6. The van der Waals surface area contributed by atoms with Gasteiger partial charge in [0.15, 0.2) is 0 Å². The fraction of sp³-hybridized carbons (Fsp3) is 0.0833. The Morgan fingerprint density at radius 2 is 2.00 bits per heavy atom. The molecule has 0 aliphatic heterocycles. The second-order valence-electron chi connectivity index (χ2n) is 3.11. The minimum absolute atomic E-state index is 0.638. The molecule has 2 rings (SSSR count). The summed E-state index contributed by atoms with van der Waals surface area (Å²) in [7, 11) is 0. The molecule has 2 nitrogen and oxygen atoms in total. The Morgan fingerprint density at radius 1 is 1.21 bits per heavy atom. The number of hydrogen-bond acceptors (Lipinski definition) is 2. The number of fused-ring (bicyclic) bond motifs is 1. The van der Waals surface area contributed by atoms with Gasteiger partial charge in [0.05, 0.1) is 11.2 Å². The van der Waals surface area contributed by atoms with Crippen molar-refractivity contribution in [2.24, 2.45) is 0 Å². The number of para-hydroxylation sites is 1. The molecule has 1 atom stereocenters. The highest BCUT2D eigenvalue weighted by molar-refractivity contribution is 5.78. The van der Waals surface area contributed by atoms with Crippen molar-refractivity contribution in [2.45, 2.75) is 6.10 Å². The molecule has 14 heavy (non-hydrogen) atoms. The summed E-state index contributed by atoms with van der Waals surface area (Å²) in [6.07, 6.45) is 0.788. The lowest BCUT2D eigenvalue weighted by Crippen LogP contribution is -1.96. The van der Waals surface area contributed by atoms with Crippen molar-refractivity contribution in [2.75, 3.05) is 0 Å². The zero-order chi connectivity index (χ0) is 9.97. The van der Waals surface area contributed by atoms with Gasteiger partial charge in [0.1, 0.15) is 6.10 Å². The third kappa shape index (κ3) is 1.52. The molecule has 0 radical (unpaired) electrons. The molecule has 0 bridgehead atoms. The lowest BCUT2D eigenvalue weighted by atomic mass is 10.1. The van der Waals surface area contributed by atoms with Crippen molar-refractivity contribution in [3.8, 4) is 0 Å². The molecule has 0 fully saturated rings. The van der Waals surface area contributed by atoms with Crippen LogP contribution in [0, 0.1) is 0 Å². The van der Waals surface area contributed by atoms with Crippen LogP contribution < -0.4 is 0 Å². The van der Waals surface area contributed by atoms with Gasteiger partial charge in [-0.25, -0.2) is 4.98 Å². The molecule has 0 aliphatic carbocycles. The summed E-state index contributed by atoms with van der Waals surface area (Å²) >= 11 is 0. The number of hydrogen-bond donors (Lipinski definition) is 1. The van der Waals surface area contributed by atoms with E-state index in [0.717, 1.165) is 10.9 Å². The van der Waals surface area contributed by atoms with Crippen LogP contribution in [0.25, 0.3) is 10.9 Å². The largest absolute Gasteiger partial charge is 0.383 e. The summed E-state index contributed by atoms with van der Waals surface area (Å²) in [6, 6.07) is 11.6. The zero-order valence-electron chi connectivity index (χ0n) is 7.72. The van der Waals surface area contributed by atoms with Crippen LogP contribution in [0.1, 0.15) is 11.8 Å². The average molecular weight is 185 g/mol. The lowest BCUT2D eigenvalue weighted by molar-refractivity contribution is 0.224. The third-order valence-electron chi connectivity index (χ3n) is 2.15. The zero-order valence-corrected chi connectivity index (χ0v) is 7.72. The van der Waals surface area contributed by atoms with E-state index < -0.39 is 6.10 Å². The first-order chi connectivity index (χ1) is 6.81. The van der Waals surface area contributed by atoms with Crippen LogP contribution in [-0.4, -0.2) is 10.1 Å². The Hall–Kier alpha value is -1.67. The molecule has 70 valence electrons. The highest BCUT2D eigenvalue weighted by Gasteiger charge is 2.04. The topological polar surface area (TPSA) is 33.1 Å². The van der Waals surface area contributed by atoms with Crippen LogP contribution in [0.4, 0.5) is 0 Å².